The molecule has 80 valence electrons. The topological polar surface area (TPSA) is 91.0 Å². The lowest BCUT2D eigenvalue weighted by Gasteiger charge is -2.09. The zero-order valence-electron chi connectivity index (χ0n) is 8.50. The molecule has 5 nitrogen and oxygen atoms in total. The number of para-hydroxylation sites is 1. The lowest BCUT2D eigenvalue weighted by molar-refractivity contribution is 0.252. The van der Waals surface area contributed by atoms with Crippen molar-refractivity contribution < 1.29 is 4.79 Å². The zero-order chi connectivity index (χ0) is 11.3. The van der Waals surface area contributed by atoms with Crippen molar-refractivity contribution in [1.29, 1.82) is 5.41 Å². The van der Waals surface area contributed by atoms with E-state index < -0.39 is 0 Å². The number of carbonyl (C=O) groups excluding carboxylic acids is 1. The molecule has 5 heteroatoms. The van der Waals surface area contributed by atoms with E-state index in [2.05, 4.69) is 10.6 Å². The van der Waals surface area contributed by atoms with E-state index >= 15 is 0 Å². The Morgan fingerprint density at radius 2 is 2.13 bits per heavy atom. The fourth-order valence-electron chi connectivity index (χ4n) is 1.15. The normalized spacial score (nSPS) is 9.40. The van der Waals surface area contributed by atoms with Crippen LogP contribution >= 0.6 is 0 Å². The van der Waals surface area contributed by atoms with Gasteiger partial charge in [0.2, 0.25) is 0 Å². The van der Waals surface area contributed by atoms with Crippen LogP contribution in [0, 0.1) is 5.41 Å². The second-order valence-corrected chi connectivity index (χ2v) is 2.94. The number of nitrogens with one attached hydrogen (secondary N) is 3. The van der Waals surface area contributed by atoms with Crippen LogP contribution in [-0.2, 0) is 0 Å². The van der Waals surface area contributed by atoms with E-state index in [-0.39, 0.29) is 11.9 Å². The third-order valence-electron chi connectivity index (χ3n) is 1.80. The average Bonchev–Trinajstić information content (AvgIpc) is 2.18. The van der Waals surface area contributed by atoms with Crippen LogP contribution in [0.5, 0.6) is 0 Å². The van der Waals surface area contributed by atoms with E-state index in [1.54, 1.807) is 24.3 Å². The highest BCUT2D eigenvalue weighted by atomic mass is 16.2. The van der Waals surface area contributed by atoms with Crippen LogP contribution in [0.3, 0.4) is 0 Å². The average molecular weight is 206 g/mol. The lowest BCUT2D eigenvalue weighted by Crippen LogP contribution is -2.29. The first kappa shape index (κ1) is 11.0. The summed E-state index contributed by atoms with van der Waals surface area (Å²) in [7, 11) is 0. The molecule has 0 aliphatic heterocycles. The first-order chi connectivity index (χ1) is 7.15. The maximum Gasteiger partial charge on any atom is 0.319 e. The molecule has 1 rings (SSSR count). The van der Waals surface area contributed by atoms with Gasteiger partial charge in [0.25, 0.3) is 0 Å². The second kappa shape index (κ2) is 4.99. The number of hydrogen-bond acceptors (Lipinski definition) is 2. The highest BCUT2D eigenvalue weighted by Crippen LogP contribution is 2.13. The number of rotatable bonds is 3. The fraction of sp³-hybridized carbons (Fsp3) is 0.200. The highest BCUT2D eigenvalue weighted by molar-refractivity contribution is 6.03. The Hall–Kier alpha value is -2.04. The van der Waals surface area contributed by atoms with Crippen LogP contribution in [0.4, 0.5) is 10.5 Å². The summed E-state index contributed by atoms with van der Waals surface area (Å²) in [6.45, 7) is 2.38. The quantitative estimate of drug-likeness (QED) is 0.440. The Balaban J connectivity index is 2.84. The van der Waals surface area contributed by atoms with Crippen LogP contribution < -0.4 is 16.4 Å². The third-order valence-corrected chi connectivity index (χ3v) is 1.80. The van der Waals surface area contributed by atoms with Gasteiger partial charge in [0.05, 0.1) is 5.69 Å². The van der Waals surface area contributed by atoms with Gasteiger partial charge in [-0.1, -0.05) is 12.1 Å². The van der Waals surface area contributed by atoms with Gasteiger partial charge in [-0.25, -0.2) is 4.79 Å². The standard InChI is InChI=1S/C10H14N4O/c1-2-13-10(15)14-8-6-4-3-5-7(8)9(11)12/h3-6H,2H2,1H3,(H3,11,12)(H2,13,14,15). The fourth-order valence-corrected chi connectivity index (χ4v) is 1.15. The molecule has 0 spiro atoms. The molecule has 0 saturated carbocycles. The van der Waals surface area contributed by atoms with Gasteiger partial charge in [-0.15, -0.1) is 0 Å². The van der Waals surface area contributed by atoms with Gasteiger partial charge in [-0.2, -0.15) is 0 Å². The summed E-state index contributed by atoms with van der Waals surface area (Å²) in [6, 6.07) is 6.62. The molecule has 0 fully saturated rings. The molecular weight excluding hydrogens is 192 g/mol. The Morgan fingerprint density at radius 1 is 1.47 bits per heavy atom. The summed E-state index contributed by atoms with van der Waals surface area (Å²) in [5, 5.41) is 12.5. The van der Waals surface area contributed by atoms with Crippen LogP contribution in [0.1, 0.15) is 12.5 Å². The van der Waals surface area contributed by atoms with Crippen molar-refractivity contribution in [3.8, 4) is 0 Å². The molecule has 0 radical (unpaired) electrons. The maximum absolute atomic E-state index is 11.3. The highest BCUT2D eigenvalue weighted by Gasteiger charge is 2.06. The van der Waals surface area contributed by atoms with Crippen molar-refractivity contribution >= 4 is 17.6 Å². The number of nitrogen functional groups attached to an aromatic ring is 1. The molecule has 5 N–H and O–H groups in total. The number of anilines is 1. The molecule has 2 amide bonds. The van der Waals surface area contributed by atoms with Gasteiger partial charge in [-0.3, -0.25) is 5.41 Å². The summed E-state index contributed by atoms with van der Waals surface area (Å²) in [5.74, 6) is -0.0672. The molecule has 1 aromatic rings. The molecule has 15 heavy (non-hydrogen) atoms. The summed E-state index contributed by atoms with van der Waals surface area (Å²) in [5.41, 5.74) is 6.43. The molecule has 0 saturated heterocycles. The van der Waals surface area contributed by atoms with E-state index in [1.807, 2.05) is 6.92 Å². The van der Waals surface area contributed by atoms with E-state index in [0.29, 0.717) is 17.8 Å². The molecule has 0 unspecified atom stereocenters. The van der Waals surface area contributed by atoms with Crippen LogP contribution in [0.25, 0.3) is 0 Å². The minimum atomic E-state index is -0.300. The summed E-state index contributed by atoms with van der Waals surface area (Å²) < 4.78 is 0. The first-order valence-electron chi connectivity index (χ1n) is 4.63. The smallest absolute Gasteiger partial charge is 0.319 e. The van der Waals surface area contributed by atoms with Gasteiger partial charge in [-0.05, 0) is 19.1 Å². The molecule has 0 aliphatic carbocycles. The van der Waals surface area contributed by atoms with Crippen molar-refractivity contribution in [3.05, 3.63) is 29.8 Å². The Bertz CT molecular complexity index is 375. The van der Waals surface area contributed by atoms with Crippen molar-refractivity contribution in [2.45, 2.75) is 6.92 Å². The van der Waals surface area contributed by atoms with Crippen molar-refractivity contribution in [1.82, 2.24) is 5.32 Å². The lowest BCUT2D eigenvalue weighted by atomic mass is 10.1. The number of amides is 2. The number of hydrogen-bond donors (Lipinski definition) is 4. The van der Waals surface area contributed by atoms with Crippen LogP contribution in [-0.4, -0.2) is 18.4 Å². The van der Waals surface area contributed by atoms with Gasteiger partial charge >= 0.3 is 6.03 Å². The predicted molar refractivity (Wildman–Crippen MR) is 60.2 cm³/mol. The van der Waals surface area contributed by atoms with Gasteiger partial charge in [0, 0.05) is 12.1 Å². The summed E-state index contributed by atoms with van der Waals surface area (Å²) in [6.07, 6.45) is 0. The zero-order valence-corrected chi connectivity index (χ0v) is 8.50. The van der Waals surface area contributed by atoms with Gasteiger partial charge in [0.1, 0.15) is 5.84 Å². The number of carbonyl (C=O) groups is 1. The van der Waals surface area contributed by atoms with Gasteiger partial charge < -0.3 is 16.4 Å². The molecule has 1 aromatic carbocycles. The number of benzene rings is 1. The van der Waals surface area contributed by atoms with Crippen molar-refractivity contribution in [3.63, 3.8) is 0 Å². The minimum absolute atomic E-state index is 0.0672. The van der Waals surface area contributed by atoms with Crippen LogP contribution in [0.2, 0.25) is 0 Å². The Kier molecular flexibility index (Phi) is 3.68. The Morgan fingerprint density at radius 3 is 2.73 bits per heavy atom. The first-order valence-corrected chi connectivity index (χ1v) is 4.63. The van der Waals surface area contributed by atoms with E-state index in [9.17, 15) is 4.79 Å². The largest absolute Gasteiger partial charge is 0.384 e. The number of nitrogens with two attached hydrogens (primary N) is 1. The molecule has 0 atom stereocenters. The van der Waals surface area contributed by atoms with E-state index in [0.717, 1.165) is 0 Å². The van der Waals surface area contributed by atoms with Crippen molar-refractivity contribution in [2.75, 3.05) is 11.9 Å². The van der Waals surface area contributed by atoms with E-state index in [1.165, 1.54) is 0 Å². The number of amidine groups is 1. The monoisotopic (exact) mass is 206 g/mol. The minimum Gasteiger partial charge on any atom is -0.384 e. The maximum atomic E-state index is 11.3. The third kappa shape index (κ3) is 2.98. The number of urea groups is 1. The molecule has 0 aromatic heterocycles. The van der Waals surface area contributed by atoms with Gasteiger partial charge in [0.15, 0.2) is 0 Å². The molecule has 0 bridgehead atoms. The van der Waals surface area contributed by atoms with Crippen LogP contribution in [0.15, 0.2) is 24.3 Å². The predicted octanol–water partition coefficient (Wildman–Crippen LogP) is 1.11. The summed E-state index contributed by atoms with van der Waals surface area (Å²) >= 11 is 0. The van der Waals surface area contributed by atoms with Crippen molar-refractivity contribution in [2.24, 2.45) is 5.73 Å². The molecule has 0 aliphatic rings. The molecule has 0 heterocycles. The van der Waals surface area contributed by atoms with E-state index in [4.69, 9.17) is 11.1 Å². The summed E-state index contributed by atoms with van der Waals surface area (Å²) in [4.78, 5) is 11.3. The SMILES string of the molecule is CCNC(=O)Nc1ccccc1C(=N)N. The second-order valence-electron chi connectivity index (χ2n) is 2.94. The molecular formula is C10H14N4O. The Labute approximate surface area is 88.2 Å².